The molecule has 1 aromatic heterocycles. The fraction of sp³-hybridized carbons (Fsp3) is 0.400. The largest absolute Gasteiger partial charge is 0.463 e. The van der Waals surface area contributed by atoms with Gasteiger partial charge in [0, 0.05) is 24.0 Å². The number of aliphatic hydroxyl groups is 1. The number of aromatic nitrogens is 1. The third-order valence-corrected chi connectivity index (χ3v) is 6.36. The quantitative estimate of drug-likeness (QED) is 0.689. The van der Waals surface area contributed by atoms with E-state index in [0.29, 0.717) is 6.47 Å². The zero-order valence-electron chi connectivity index (χ0n) is 18.3. The first-order valence-electron chi connectivity index (χ1n) is 10.9. The van der Waals surface area contributed by atoms with Crippen LogP contribution in [0.25, 0.3) is 16.6 Å². The first-order chi connectivity index (χ1) is 15.0. The molecule has 6 nitrogen and oxygen atoms in total. The van der Waals surface area contributed by atoms with Crippen molar-refractivity contribution in [1.82, 2.24) is 9.88 Å². The summed E-state index contributed by atoms with van der Waals surface area (Å²) in [6.45, 7) is 7.94. The van der Waals surface area contributed by atoms with Crippen molar-refractivity contribution in [3.05, 3.63) is 57.8 Å². The molecule has 0 bridgehead atoms. The second-order valence-electron chi connectivity index (χ2n) is 8.16. The van der Waals surface area contributed by atoms with E-state index >= 15 is 0 Å². The summed E-state index contributed by atoms with van der Waals surface area (Å²) in [6.07, 6.45) is 3.37. The van der Waals surface area contributed by atoms with Crippen LogP contribution in [0.4, 0.5) is 0 Å². The van der Waals surface area contributed by atoms with Gasteiger partial charge in [-0.2, -0.15) is 0 Å². The van der Waals surface area contributed by atoms with Crippen molar-refractivity contribution in [1.29, 1.82) is 0 Å². The van der Waals surface area contributed by atoms with Gasteiger partial charge < -0.3 is 14.7 Å². The Morgan fingerprint density at radius 1 is 1.32 bits per heavy atom. The Morgan fingerprint density at radius 2 is 2.13 bits per heavy atom. The first kappa shape index (κ1) is 21.2. The van der Waals surface area contributed by atoms with E-state index in [1.165, 1.54) is 18.1 Å². The highest BCUT2D eigenvalue weighted by molar-refractivity contribution is 5.90. The minimum absolute atomic E-state index is 0.240. The van der Waals surface area contributed by atoms with Gasteiger partial charge >= 0.3 is 0 Å². The molecule has 4 rings (SSSR count). The Labute approximate surface area is 182 Å². The molecule has 0 saturated carbocycles. The molecule has 2 aliphatic heterocycles. The summed E-state index contributed by atoms with van der Waals surface area (Å²) in [5, 5.41) is 11.7. The molecule has 2 aliphatic rings. The fourth-order valence-corrected chi connectivity index (χ4v) is 4.74. The molecule has 0 aliphatic carbocycles. The molecule has 162 valence electrons. The number of rotatable bonds is 7. The third-order valence-electron chi connectivity index (χ3n) is 6.36. The Morgan fingerprint density at radius 3 is 2.81 bits per heavy atom. The van der Waals surface area contributed by atoms with Crippen LogP contribution in [0.1, 0.15) is 56.0 Å². The Bertz CT molecular complexity index is 1120. The smallest absolute Gasteiger partial charge is 0.293 e. The zero-order valence-corrected chi connectivity index (χ0v) is 18.3. The van der Waals surface area contributed by atoms with E-state index < -0.39 is 6.10 Å². The lowest BCUT2D eigenvalue weighted by molar-refractivity contribution is -0.129. The van der Waals surface area contributed by atoms with Crippen LogP contribution in [-0.4, -0.2) is 39.9 Å². The Kier molecular flexibility index (Phi) is 5.92. The standard InChI is InChI=1S/C25H28N2O4/c1-4-17-8-9-27-12-21-18(5-2)20-10-16(13-31-14-28)6-7-22(20)26-24(21)23(27)11-19(17)25(30)15(3)29/h6-7,10-11,14,25,30H,4-5,8-9,12-13H2,1-3H3. The molecule has 1 atom stereocenters. The van der Waals surface area contributed by atoms with Gasteiger partial charge in [0.2, 0.25) is 0 Å². The van der Waals surface area contributed by atoms with E-state index in [1.54, 1.807) is 0 Å². The minimum Gasteiger partial charge on any atom is -0.463 e. The first-order valence-corrected chi connectivity index (χ1v) is 10.9. The third kappa shape index (κ3) is 3.76. The number of benzene rings is 1. The number of carbonyl (C=O) groups is 2. The molecule has 1 N–H and O–H groups in total. The second kappa shape index (κ2) is 8.63. The lowest BCUT2D eigenvalue weighted by Gasteiger charge is -2.18. The van der Waals surface area contributed by atoms with Gasteiger partial charge in [0.25, 0.3) is 6.47 Å². The number of aryl methyl sites for hydroxylation is 1. The van der Waals surface area contributed by atoms with E-state index in [4.69, 9.17) is 9.72 Å². The minimum atomic E-state index is -1.10. The van der Waals surface area contributed by atoms with Gasteiger partial charge in [-0.05, 0) is 61.1 Å². The predicted octanol–water partition coefficient (Wildman–Crippen LogP) is 3.69. The number of hydrogen-bond donors (Lipinski definition) is 1. The van der Waals surface area contributed by atoms with E-state index in [-0.39, 0.29) is 12.4 Å². The van der Waals surface area contributed by atoms with E-state index in [9.17, 15) is 14.7 Å². The van der Waals surface area contributed by atoms with Crippen LogP contribution in [0.2, 0.25) is 0 Å². The lowest BCUT2D eigenvalue weighted by Crippen LogP contribution is -2.20. The number of aliphatic hydroxyl groups excluding tert-OH is 1. The van der Waals surface area contributed by atoms with Crippen molar-refractivity contribution >= 4 is 28.9 Å². The topological polar surface area (TPSA) is 79.7 Å². The van der Waals surface area contributed by atoms with Gasteiger partial charge in [-0.25, -0.2) is 4.98 Å². The highest BCUT2D eigenvalue weighted by Crippen LogP contribution is 2.40. The summed E-state index contributed by atoms with van der Waals surface area (Å²) in [6, 6.07) is 5.96. The van der Waals surface area contributed by atoms with Crippen LogP contribution in [-0.2, 0) is 33.9 Å². The van der Waals surface area contributed by atoms with Crippen LogP contribution in [0.5, 0.6) is 0 Å². The number of carbonyl (C=O) groups excluding carboxylic acids is 2. The number of nitrogens with zero attached hydrogens (tertiary/aromatic N) is 2. The molecule has 0 saturated heterocycles. The van der Waals surface area contributed by atoms with Gasteiger partial charge in [-0.1, -0.05) is 25.5 Å². The molecule has 1 aromatic carbocycles. The number of Topliss-reactive ketones (excluding diaryl/α,β-unsaturated/α-hetero) is 1. The van der Waals surface area contributed by atoms with Crippen LogP contribution >= 0.6 is 0 Å². The zero-order chi connectivity index (χ0) is 22.1. The Balaban J connectivity index is 1.88. The summed E-state index contributed by atoms with van der Waals surface area (Å²) >= 11 is 0. The summed E-state index contributed by atoms with van der Waals surface area (Å²) in [4.78, 5) is 29.8. The number of fused-ring (bicyclic) bond motifs is 4. The van der Waals surface area contributed by atoms with Gasteiger partial charge in [0.15, 0.2) is 5.78 Å². The molecule has 2 aromatic rings. The predicted molar refractivity (Wildman–Crippen MR) is 119 cm³/mol. The normalized spacial score (nSPS) is 16.5. The SMILES string of the molecule is CCC1=C(C(O)C(C)=O)C=C2c3nc4ccc(COC=O)cc4c(CC)c3CN2CC1. The van der Waals surface area contributed by atoms with Crippen molar-refractivity contribution in [2.75, 3.05) is 6.54 Å². The highest BCUT2D eigenvalue weighted by Gasteiger charge is 2.32. The van der Waals surface area contributed by atoms with E-state index in [2.05, 4.69) is 24.8 Å². The highest BCUT2D eigenvalue weighted by atomic mass is 16.5. The van der Waals surface area contributed by atoms with Gasteiger partial charge in [-0.15, -0.1) is 0 Å². The average molecular weight is 421 g/mol. The van der Waals surface area contributed by atoms with Crippen molar-refractivity contribution < 1.29 is 19.4 Å². The molecule has 0 fully saturated rings. The van der Waals surface area contributed by atoms with Crippen LogP contribution in [0.15, 0.2) is 35.4 Å². The van der Waals surface area contributed by atoms with Gasteiger partial charge in [0.1, 0.15) is 12.7 Å². The summed E-state index contributed by atoms with van der Waals surface area (Å²) < 4.78 is 4.93. The maximum Gasteiger partial charge on any atom is 0.293 e. The number of hydrogen-bond acceptors (Lipinski definition) is 6. The molecule has 0 amide bonds. The molecular formula is C25H28N2O4. The maximum atomic E-state index is 12.0. The van der Waals surface area contributed by atoms with Gasteiger partial charge in [0.05, 0.1) is 16.9 Å². The van der Waals surface area contributed by atoms with Crippen molar-refractivity contribution in [3.8, 4) is 0 Å². The summed E-state index contributed by atoms with van der Waals surface area (Å²) in [7, 11) is 0. The lowest BCUT2D eigenvalue weighted by atomic mass is 9.94. The molecule has 31 heavy (non-hydrogen) atoms. The summed E-state index contributed by atoms with van der Waals surface area (Å²) in [5.74, 6) is -0.240. The van der Waals surface area contributed by atoms with Crippen LogP contribution in [0.3, 0.4) is 0 Å². The van der Waals surface area contributed by atoms with Crippen molar-refractivity contribution in [3.63, 3.8) is 0 Å². The molecule has 3 heterocycles. The number of ether oxygens (including phenoxy) is 1. The summed E-state index contributed by atoms with van der Waals surface area (Å²) in [5.41, 5.74) is 8.05. The molecule has 6 heteroatoms. The average Bonchev–Trinajstić information content (AvgIpc) is 3.00. The van der Waals surface area contributed by atoms with E-state index in [0.717, 1.165) is 71.4 Å². The Hall–Kier alpha value is -2.99. The number of ketones is 1. The monoisotopic (exact) mass is 420 g/mol. The van der Waals surface area contributed by atoms with Crippen molar-refractivity contribution in [2.45, 2.75) is 59.3 Å². The van der Waals surface area contributed by atoms with Crippen molar-refractivity contribution in [2.24, 2.45) is 0 Å². The molecular weight excluding hydrogens is 392 g/mol. The fourth-order valence-electron chi connectivity index (χ4n) is 4.74. The van der Waals surface area contributed by atoms with Crippen LogP contribution < -0.4 is 0 Å². The van der Waals surface area contributed by atoms with E-state index in [1.807, 2.05) is 18.2 Å². The molecule has 0 radical (unpaired) electrons. The number of pyridine rings is 1. The molecule has 1 unspecified atom stereocenters. The van der Waals surface area contributed by atoms with Crippen LogP contribution in [0, 0.1) is 0 Å². The maximum absolute atomic E-state index is 12.0. The molecule has 0 spiro atoms. The second-order valence-corrected chi connectivity index (χ2v) is 8.16. The van der Waals surface area contributed by atoms with Gasteiger partial charge in [-0.3, -0.25) is 9.59 Å².